The van der Waals surface area contributed by atoms with Crippen molar-refractivity contribution in [3.8, 4) is 6.07 Å². The van der Waals surface area contributed by atoms with Gasteiger partial charge in [-0.2, -0.15) is 5.26 Å². The van der Waals surface area contributed by atoms with Gasteiger partial charge in [-0.25, -0.2) is 12.8 Å². The summed E-state index contributed by atoms with van der Waals surface area (Å²) in [5.74, 6) is -0.810. The number of aromatic amines is 2. The molecule has 0 fully saturated rings. The molecule has 0 spiro atoms. The Balaban J connectivity index is 1.81. The lowest BCUT2D eigenvalue weighted by atomic mass is 10.2. The SMILES string of the molecule is Cc1cc2ccc3c(S(=O)(=O)Nc4ccc(C#N)cc4F)c[nH]c3c2[nH]1. The summed E-state index contributed by atoms with van der Waals surface area (Å²) in [7, 11) is -4.02. The highest BCUT2D eigenvalue weighted by molar-refractivity contribution is 7.93. The third-order valence-electron chi connectivity index (χ3n) is 4.18. The fraction of sp³-hybridized carbons (Fsp3) is 0.0556. The lowest BCUT2D eigenvalue weighted by Crippen LogP contribution is -2.13. The molecular formula is C18H13FN4O2S. The summed E-state index contributed by atoms with van der Waals surface area (Å²) >= 11 is 0. The van der Waals surface area contributed by atoms with E-state index in [9.17, 15) is 12.8 Å². The first-order chi connectivity index (χ1) is 12.4. The Labute approximate surface area is 148 Å². The molecule has 130 valence electrons. The molecule has 3 N–H and O–H groups in total. The first-order valence-electron chi connectivity index (χ1n) is 7.71. The number of hydrogen-bond donors (Lipinski definition) is 3. The minimum Gasteiger partial charge on any atom is -0.358 e. The van der Waals surface area contributed by atoms with Gasteiger partial charge >= 0.3 is 0 Å². The van der Waals surface area contributed by atoms with E-state index in [-0.39, 0.29) is 16.1 Å². The number of nitrogens with zero attached hydrogens (tertiary/aromatic N) is 1. The summed E-state index contributed by atoms with van der Waals surface area (Å²) in [5, 5.41) is 10.2. The third-order valence-corrected chi connectivity index (χ3v) is 5.58. The largest absolute Gasteiger partial charge is 0.358 e. The number of H-pyrrole nitrogens is 2. The van der Waals surface area contributed by atoms with Crippen molar-refractivity contribution in [2.24, 2.45) is 0 Å². The van der Waals surface area contributed by atoms with Crippen LogP contribution in [-0.2, 0) is 10.0 Å². The summed E-state index contributed by atoms with van der Waals surface area (Å²) < 4.78 is 41.8. The maximum Gasteiger partial charge on any atom is 0.264 e. The molecular weight excluding hydrogens is 355 g/mol. The zero-order valence-electron chi connectivity index (χ0n) is 13.6. The van der Waals surface area contributed by atoms with Crippen molar-refractivity contribution in [2.75, 3.05) is 4.72 Å². The number of sulfonamides is 1. The van der Waals surface area contributed by atoms with E-state index in [0.29, 0.717) is 10.9 Å². The van der Waals surface area contributed by atoms with Crippen LogP contribution in [-0.4, -0.2) is 18.4 Å². The summed E-state index contributed by atoms with van der Waals surface area (Å²) in [6.45, 7) is 1.92. The van der Waals surface area contributed by atoms with Crippen LogP contribution in [0.1, 0.15) is 11.3 Å². The fourth-order valence-corrected chi connectivity index (χ4v) is 4.24. The highest BCUT2D eigenvalue weighted by Crippen LogP contribution is 2.31. The van der Waals surface area contributed by atoms with Gasteiger partial charge in [0.25, 0.3) is 10.0 Å². The molecule has 6 nitrogen and oxygen atoms in total. The van der Waals surface area contributed by atoms with Gasteiger partial charge in [0.15, 0.2) is 0 Å². The van der Waals surface area contributed by atoms with Crippen molar-refractivity contribution in [1.82, 2.24) is 9.97 Å². The second-order valence-electron chi connectivity index (χ2n) is 5.97. The molecule has 0 aliphatic heterocycles. The monoisotopic (exact) mass is 368 g/mol. The molecule has 0 radical (unpaired) electrons. The Morgan fingerprint density at radius 1 is 1.15 bits per heavy atom. The number of anilines is 1. The van der Waals surface area contributed by atoms with Crippen LogP contribution in [0.2, 0.25) is 0 Å². The third kappa shape index (κ3) is 2.50. The van der Waals surface area contributed by atoms with Gasteiger partial charge in [0.05, 0.1) is 28.4 Å². The molecule has 2 aromatic carbocycles. The van der Waals surface area contributed by atoms with Gasteiger partial charge in [0.2, 0.25) is 0 Å². The number of aromatic nitrogens is 2. The number of nitrogens with one attached hydrogen (secondary N) is 3. The molecule has 0 amide bonds. The van der Waals surface area contributed by atoms with Crippen molar-refractivity contribution in [2.45, 2.75) is 11.8 Å². The minimum atomic E-state index is -4.02. The van der Waals surface area contributed by atoms with Crippen LogP contribution in [0.3, 0.4) is 0 Å². The molecule has 0 saturated carbocycles. The Morgan fingerprint density at radius 3 is 2.69 bits per heavy atom. The predicted molar refractivity (Wildman–Crippen MR) is 96.8 cm³/mol. The van der Waals surface area contributed by atoms with Gasteiger partial charge in [-0.05, 0) is 31.2 Å². The van der Waals surface area contributed by atoms with E-state index in [1.54, 1.807) is 12.1 Å². The summed E-state index contributed by atoms with van der Waals surface area (Å²) in [6, 6.07) is 10.9. The van der Waals surface area contributed by atoms with Crippen molar-refractivity contribution >= 4 is 37.5 Å². The Bertz CT molecular complexity index is 1310. The van der Waals surface area contributed by atoms with Crippen molar-refractivity contribution < 1.29 is 12.8 Å². The molecule has 0 bridgehead atoms. The van der Waals surface area contributed by atoms with E-state index >= 15 is 0 Å². The van der Waals surface area contributed by atoms with E-state index in [4.69, 9.17) is 5.26 Å². The molecule has 4 rings (SSSR count). The quantitative estimate of drug-likeness (QED) is 0.513. The van der Waals surface area contributed by atoms with Crippen LogP contribution < -0.4 is 4.72 Å². The predicted octanol–water partition coefficient (Wildman–Crippen LogP) is 3.77. The normalized spacial score (nSPS) is 11.7. The van der Waals surface area contributed by atoms with Crippen molar-refractivity contribution in [3.63, 3.8) is 0 Å². The Kier molecular flexibility index (Phi) is 3.49. The fourth-order valence-electron chi connectivity index (χ4n) is 3.00. The van der Waals surface area contributed by atoms with E-state index < -0.39 is 15.8 Å². The molecule has 0 unspecified atom stereocenters. The van der Waals surface area contributed by atoms with Crippen molar-refractivity contribution in [1.29, 1.82) is 5.26 Å². The van der Waals surface area contributed by atoms with Crippen LogP contribution in [0.4, 0.5) is 10.1 Å². The first-order valence-corrected chi connectivity index (χ1v) is 9.19. The molecule has 2 heterocycles. The number of nitriles is 1. The maximum atomic E-state index is 14.0. The molecule has 0 atom stereocenters. The number of benzene rings is 2. The second kappa shape index (κ2) is 5.61. The zero-order valence-corrected chi connectivity index (χ0v) is 14.4. The van der Waals surface area contributed by atoms with Crippen LogP contribution in [0, 0.1) is 24.1 Å². The van der Waals surface area contributed by atoms with Crippen LogP contribution in [0.15, 0.2) is 47.5 Å². The standard InChI is InChI=1S/C18H13FN4O2S/c1-10-6-12-3-4-13-16(9-21-18(13)17(12)22-10)26(24,25)23-15-5-2-11(8-20)7-14(15)19/h2-7,9,21-23H,1H3. The van der Waals surface area contributed by atoms with Crippen molar-refractivity contribution in [3.05, 3.63) is 59.7 Å². The van der Waals surface area contributed by atoms with Crippen LogP contribution in [0.25, 0.3) is 21.8 Å². The highest BCUT2D eigenvalue weighted by atomic mass is 32.2. The average molecular weight is 368 g/mol. The molecule has 26 heavy (non-hydrogen) atoms. The first kappa shape index (κ1) is 16.2. The lowest BCUT2D eigenvalue weighted by Gasteiger charge is -2.08. The summed E-state index contributed by atoms with van der Waals surface area (Å²) in [5.41, 5.74) is 2.34. The molecule has 4 aromatic rings. The molecule has 0 aliphatic rings. The van der Waals surface area contributed by atoms with Gasteiger partial charge < -0.3 is 9.97 Å². The minimum absolute atomic E-state index is 0.0189. The lowest BCUT2D eigenvalue weighted by molar-refractivity contribution is 0.599. The second-order valence-corrected chi connectivity index (χ2v) is 7.62. The van der Waals surface area contributed by atoms with E-state index in [2.05, 4.69) is 14.7 Å². The van der Waals surface area contributed by atoms with Crippen LogP contribution >= 0.6 is 0 Å². The molecule has 0 saturated heterocycles. The van der Waals surface area contributed by atoms with Gasteiger partial charge in [0.1, 0.15) is 10.7 Å². The van der Waals surface area contributed by atoms with E-state index in [1.165, 1.54) is 18.3 Å². The summed E-state index contributed by atoms with van der Waals surface area (Å²) in [4.78, 5) is 6.20. The topological polar surface area (TPSA) is 102 Å². The maximum absolute atomic E-state index is 14.0. The number of halogens is 1. The van der Waals surface area contributed by atoms with Gasteiger partial charge in [-0.3, -0.25) is 4.72 Å². The van der Waals surface area contributed by atoms with E-state index in [0.717, 1.165) is 22.7 Å². The Hall–Kier alpha value is -3.31. The summed E-state index contributed by atoms with van der Waals surface area (Å²) in [6.07, 6.45) is 1.38. The number of hydrogen-bond acceptors (Lipinski definition) is 3. The highest BCUT2D eigenvalue weighted by Gasteiger charge is 2.22. The number of aryl methyl sites for hydroxylation is 1. The number of fused-ring (bicyclic) bond motifs is 3. The molecule has 2 aromatic heterocycles. The zero-order chi connectivity index (χ0) is 18.5. The number of rotatable bonds is 3. The van der Waals surface area contributed by atoms with Crippen LogP contribution in [0.5, 0.6) is 0 Å². The average Bonchev–Trinajstić information content (AvgIpc) is 3.19. The van der Waals surface area contributed by atoms with Gasteiger partial charge in [-0.1, -0.05) is 12.1 Å². The Morgan fingerprint density at radius 2 is 1.96 bits per heavy atom. The van der Waals surface area contributed by atoms with Gasteiger partial charge in [-0.15, -0.1) is 0 Å². The molecule has 0 aliphatic carbocycles. The van der Waals surface area contributed by atoms with E-state index in [1.807, 2.05) is 19.1 Å². The smallest absolute Gasteiger partial charge is 0.264 e. The molecule has 8 heteroatoms. The van der Waals surface area contributed by atoms with Gasteiger partial charge in [0, 0.05) is 22.7 Å².